The fourth-order valence-corrected chi connectivity index (χ4v) is 3.66. The summed E-state index contributed by atoms with van der Waals surface area (Å²) in [7, 11) is 5.56. The summed E-state index contributed by atoms with van der Waals surface area (Å²) in [6.45, 7) is 4.15. The first-order valence-corrected chi connectivity index (χ1v) is 9.73. The van der Waals surface area contributed by atoms with E-state index in [2.05, 4.69) is 47.0 Å². The zero-order valence-electron chi connectivity index (χ0n) is 15.9. The number of rotatable bonds is 6. The van der Waals surface area contributed by atoms with E-state index in [-0.39, 0.29) is 6.10 Å². The van der Waals surface area contributed by atoms with Gasteiger partial charge in [0.15, 0.2) is 0 Å². The summed E-state index contributed by atoms with van der Waals surface area (Å²) in [5.41, 5.74) is 4.56. The average molecular weight is 374 g/mol. The van der Waals surface area contributed by atoms with Gasteiger partial charge < -0.3 is 19.1 Å². The smallest absolute Gasteiger partial charge is 0.238 e. The predicted molar refractivity (Wildman–Crippen MR) is 107 cm³/mol. The Balaban J connectivity index is 1.73. The van der Waals surface area contributed by atoms with E-state index >= 15 is 0 Å². The maximum atomic E-state index is 5.52. The molecule has 0 bridgehead atoms. The molecule has 0 saturated carbocycles. The van der Waals surface area contributed by atoms with Crippen molar-refractivity contribution in [2.24, 2.45) is 0 Å². The zero-order chi connectivity index (χ0) is 18.5. The SMILES string of the molecule is COc1nc2c(cc1NSc1ccc(C(C)OC)cc1)CCN(C)CC2. The average Bonchev–Trinajstić information content (AvgIpc) is 2.86. The molecule has 1 aromatic heterocycles. The Bertz CT molecular complexity index is 737. The number of methoxy groups -OCH3 is 2. The predicted octanol–water partition coefficient (Wildman–Crippen LogP) is 3.95. The Labute approximate surface area is 160 Å². The number of ether oxygens (including phenoxy) is 2. The number of fused-ring (bicyclic) bond motifs is 1. The van der Waals surface area contributed by atoms with Crippen LogP contribution in [0.4, 0.5) is 5.69 Å². The lowest BCUT2D eigenvalue weighted by molar-refractivity contribution is 0.119. The lowest BCUT2D eigenvalue weighted by Crippen LogP contribution is -2.20. The third-order valence-electron chi connectivity index (χ3n) is 4.82. The fraction of sp³-hybridized carbons (Fsp3) is 0.450. The Hall–Kier alpha value is -1.76. The number of aromatic nitrogens is 1. The number of hydrogen-bond donors (Lipinski definition) is 1. The van der Waals surface area contributed by atoms with Gasteiger partial charge in [0, 0.05) is 37.2 Å². The molecule has 1 atom stereocenters. The van der Waals surface area contributed by atoms with Gasteiger partial charge in [-0.15, -0.1) is 0 Å². The van der Waals surface area contributed by atoms with Crippen LogP contribution >= 0.6 is 11.9 Å². The summed E-state index contributed by atoms with van der Waals surface area (Å²) < 4.78 is 14.3. The molecule has 1 aliphatic heterocycles. The van der Waals surface area contributed by atoms with E-state index in [1.54, 1.807) is 26.2 Å². The first-order valence-electron chi connectivity index (χ1n) is 8.91. The van der Waals surface area contributed by atoms with E-state index < -0.39 is 0 Å². The normalized spacial score (nSPS) is 15.8. The minimum Gasteiger partial charge on any atom is -0.479 e. The second kappa shape index (κ2) is 8.75. The summed E-state index contributed by atoms with van der Waals surface area (Å²) in [5.74, 6) is 0.658. The van der Waals surface area contributed by atoms with Crippen LogP contribution in [0.5, 0.6) is 5.88 Å². The van der Waals surface area contributed by atoms with Crippen LogP contribution < -0.4 is 9.46 Å². The van der Waals surface area contributed by atoms with Gasteiger partial charge in [0.05, 0.1) is 13.2 Å². The number of nitrogens with one attached hydrogen (secondary N) is 1. The molecule has 26 heavy (non-hydrogen) atoms. The van der Waals surface area contributed by atoms with Crippen molar-refractivity contribution in [3.05, 3.63) is 47.2 Å². The highest BCUT2D eigenvalue weighted by Gasteiger charge is 2.16. The van der Waals surface area contributed by atoms with Crippen molar-refractivity contribution in [1.29, 1.82) is 0 Å². The van der Waals surface area contributed by atoms with Crippen LogP contribution in [0, 0.1) is 0 Å². The van der Waals surface area contributed by atoms with Gasteiger partial charge >= 0.3 is 0 Å². The second-order valence-corrected chi connectivity index (χ2v) is 7.49. The van der Waals surface area contributed by atoms with Crippen molar-refractivity contribution in [1.82, 2.24) is 9.88 Å². The van der Waals surface area contributed by atoms with Gasteiger partial charge in [0.25, 0.3) is 0 Å². The van der Waals surface area contributed by atoms with E-state index in [0.29, 0.717) is 5.88 Å². The molecule has 0 saturated heterocycles. The van der Waals surface area contributed by atoms with Gasteiger partial charge in [-0.05, 0) is 61.7 Å². The monoisotopic (exact) mass is 373 g/mol. The fourth-order valence-electron chi connectivity index (χ4n) is 3.01. The molecule has 1 unspecified atom stereocenters. The Morgan fingerprint density at radius 2 is 1.88 bits per heavy atom. The van der Waals surface area contributed by atoms with E-state index in [1.165, 1.54) is 11.1 Å². The van der Waals surface area contributed by atoms with E-state index in [9.17, 15) is 0 Å². The molecule has 0 fully saturated rings. The first kappa shape index (κ1) is 19.0. The van der Waals surface area contributed by atoms with Gasteiger partial charge in [-0.2, -0.15) is 0 Å². The summed E-state index contributed by atoms with van der Waals surface area (Å²) >= 11 is 1.57. The minimum atomic E-state index is 0.106. The molecule has 1 aliphatic rings. The molecule has 0 spiro atoms. The van der Waals surface area contributed by atoms with Crippen molar-refractivity contribution in [2.75, 3.05) is 39.1 Å². The van der Waals surface area contributed by atoms with Crippen LogP contribution in [-0.4, -0.2) is 44.2 Å². The summed E-state index contributed by atoms with van der Waals surface area (Å²) in [6.07, 6.45) is 2.09. The summed E-state index contributed by atoms with van der Waals surface area (Å²) in [4.78, 5) is 8.22. The molecular weight excluding hydrogens is 346 g/mol. The molecule has 1 aromatic carbocycles. The van der Waals surface area contributed by atoms with Crippen molar-refractivity contribution in [3.63, 3.8) is 0 Å². The number of pyridine rings is 1. The molecule has 6 heteroatoms. The lowest BCUT2D eigenvalue weighted by atomic mass is 10.1. The topological polar surface area (TPSA) is 46.6 Å². The Kier molecular flexibility index (Phi) is 6.40. The van der Waals surface area contributed by atoms with Gasteiger partial charge in [-0.3, -0.25) is 0 Å². The highest BCUT2D eigenvalue weighted by molar-refractivity contribution is 8.00. The number of nitrogens with zero attached hydrogens (tertiary/aromatic N) is 2. The van der Waals surface area contributed by atoms with E-state index in [0.717, 1.165) is 42.2 Å². The standard InChI is InChI=1S/C20H27N3O2S/c1-14(24-3)15-5-7-17(8-6-15)26-22-19-13-16-9-11-23(2)12-10-18(16)21-20(19)25-4/h5-8,13-14,22H,9-12H2,1-4H3. The molecule has 3 rings (SSSR count). The van der Waals surface area contributed by atoms with Crippen LogP contribution in [0.25, 0.3) is 0 Å². The molecule has 0 radical (unpaired) electrons. The van der Waals surface area contributed by atoms with Crippen LogP contribution in [0.15, 0.2) is 35.2 Å². The van der Waals surface area contributed by atoms with Crippen LogP contribution in [-0.2, 0) is 17.6 Å². The molecule has 0 amide bonds. The van der Waals surface area contributed by atoms with E-state index in [1.807, 2.05) is 6.92 Å². The molecule has 2 aromatic rings. The lowest BCUT2D eigenvalue weighted by Gasteiger charge is -2.14. The number of hydrogen-bond acceptors (Lipinski definition) is 6. The van der Waals surface area contributed by atoms with Crippen LogP contribution in [0.2, 0.25) is 0 Å². The van der Waals surface area contributed by atoms with Crippen molar-refractivity contribution in [2.45, 2.75) is 30.8 Å². The van der Waals surface area contributed by atoms with Gasteiger partial charge in [-0.25, -0.2) is 4.98 Å². The van der Waals surface area contributed by atoms with Crippen molar-refractivity contribution in [3.8, 4) is 5.88 Å². The molecule has 2 heterocycles. The second-order valence-electron chi connectivity index (χ2n) is 6.61. The Morgan fingerprint density at radius 3 is 2.58 bits per heavy atom. The van der Waals surface area contributed by atoms with Crippen LogP contribution in [0.1, 0.15) is 29.8 Å². The molecule has 140 valence electrons. The minimum absolute atomic E-state index is 0.106. The van der Waals surface area contributed by atoms with E-state index in [4.69, 9.17) is 14.5 Å². The number of benzene rings is 1. The highest BCUT2D eigenvalue weighted by Crippen LogP contribution is 2.31. The number of likely N-dealkylation sites (N-methyl/N-ethyl adjacent to an activating group) is 1. The quantitative estimate of drug-likeness (QED) is 0.774. The first-order chi connectivity index (χ1) is 12.6. The van der Waals surface area contributed by atoms with Gasteiger partial charge in [0.1, 0.15) is 5.69 Å². The van der Waals surface area contributed by atoms with Gasteiger partial charge in [-0.1, -0.05) is 12.1 Å². The summed E-state index contributed by atoms with van der Waals surface area (Å²) in [5, 5.41) is 0. The zero-order valence-corrected chi connectivity index (χ0v) is 16.7. The highest BCUT2D eigenvalue weighted by atomic mass is 32.2. The van der Waals surface area contributed by atoms with Gasteiger partial charge in [0.2, 0.25) is 5.88 Å². The van der Waals surface area contributed by atoms with Crippen molar-refractivity contribution < 1.29 is 9.47 Å². The summed E-state index contributed by atoms with van der Waals surface area (Å²) in [6, 6.07) is 10.6. The van der Waals surface area contributed by atoms with Crippen molar-refractivity contribution >= 4 is 17.6 Å². The molecule has 5 nitrogen and oxygen atoms in total. The molecular formula is C20H27N3O2S. The largest absolute Gasteiger partial charge is 0.479 e. The molecule has 0 aliphatic carbocycles. The number of anilines is 1. The third kappa shape index (κ3) is 4.50. The Morgan fingerprint density at radius 1 is 1.15 bits per heavy atom. The molecule has 1 N–H and O–H groups in total. The maximum absolute atomic E-state index is 5.52. The maximum Gasteiger partial charge on any atom is 0.238 e. The third-order valence-corrected chi connectivity index (χ3v) is 5.65. The van der Waals surface area contributed by atoms with Crippen LogP contribution in [0.3, 0.4) is 0 Å².